The molecule has 0 N–H and O–H groups in total. The lowest BCUT2D eigenvalue weighted by molar-refractivity contribution is -0.0180. The molecule has 0 spiro atoms. The average Bonchev–Trinajstić information content (AvgIpc) is 3.01. The van der Waals surface area contributed by atoms with Crippen LogP contribution in [0, 0.1) is 0 Å². The first-order valence-corrected chi connectivity index (χ1v) is 12.2. The molecule has 0 bridgehead atoms. The molecule has 1 fully saturated rings. The molecular weight excluding hydrogens is 456 g/mol. The SMILES string of the molecule is O=C(OCc1cc(Cl)cc2c1OCOC2)c1ccc2c(c1)S(=O)(=O)N=C1CCCCCN12. The molecule has 2 aromatic carbocycles. The Morgan fingerprint density at radius 1 is 1.19 bits per heavy atom. The van der Waals surface area contributed by atoms with Crippen LogP contribution in [-0.4, -0.2) is 33.6 Å². The van der Waals surface area contributed by atoms with Gasteiger partial charge in [0.15, 0.2) is 6.79 Å². The van der Waals surface area contributed by atoms with Gasteiger partial charge in [-0.15, -0.1) is 4.40 Å². The van der Waals surface area contributed by atoms with Gasteiger partial charge in [0, 0.05) is 29.1 Å². The molecule has 3 heterocycles. The number of benzene rings is 2. The third-order valence-electron chi connectivity index (χ3n) is 5.69. The summed E-state index contributed by atoms with van der Waals surface area (Å²) in [6.45, 7) is 1.10. The Labute approximate surface area is 190 Å². The van der Waals surface area contributed by atoms with Crippen molar-refractivity contribution in [3.63, 3.8) is 0 Å². The number of nitrogens with zero attached hydrogens (tertiary/aromatic N) is 2. The van der Waals surface area contributed by atoms with Gasteiger partial charge in [0.05, 0.1) is 17.9 Å². The predicted octanol–water partition coefficient (Wildman–Crippen LogP) is 4.04. The fourth-order valence-electron chi connectivity index (χ4n) is 4.20. The van der Waals surface area contributed by atoms with Crippen LogP contribution in [0.25, 0.3) is 0 Å². The maximum absolute atomic E-state index is 12.8. The zero-order valence-electron chi connectivity index (χ0n) is 17.2. The van der Waals surface area contributed by atoms with Crippen LogP contribution in [-0.2, 0) is 32.7 Å². The van der Waals surface area contributed by atoms with Crippen molar-refractivity contribution in [3.8, 4) is 5.75 Å². The molecule has 0 saturated carbocycles. The van der Waals surface area contributed by atoms with Crippen molar-refractivity contribution < 1.29 is 27.4 Å². The molecule has 3 aliphatic rings. The second kappa shape index (κ2) is 8.38. The molecule has 0 amide bonds. The minimum atomic E-state index is -3.88. The summed E-state index contributed by atoms with van der Waals surface area (Å²) in [5.41, 5.74) is 2.10. The van der Waals surface area contributed by atoms with E-state index in [9.17, 15) is 13.2 Å². The van der Waals surface area contributed by atoms with Gasteiger partial charge in [-0.1, -0.05) is 18.0 Å². The Bertz CT molecular complexity index is 1230. The standard InChI is InChI=1S/C22H21ClN2O6S/c23-17-8-15-11-29-13-31-21(15)16(9-17)12-30-22(26)14-5-6-18-19(10-14)32(27,28)24-20-4-2-1-3-7-25(18)20/h5-6,8-10H,1-4,7,11-13H2. The number of fused-ring (bicyclic) bond motifs is 4. The smallest absolute Gasteiger partial charge is 0.338 e. The van der Waals surface area contributed by atoms with Crippen molar-refractivity contribution in [2.24, 2.45) is 4.40 Å². The summed E-state index contributed by atoms with van der Waals surface area (Å²) < 4.78 is 45.8. The molecule has 168 valence electrons. The Hall–Kier alpha value is -2.62. The molecule has 0 radical (unpaired) electrons. The van der Waals surface area contributed by atoms with Crippen LogP contribution in [0.2, 0.25) is 5.02 Å². The first-order valence-electron chi connectivity index (χ1n) is 10.4. The van der Waals surface area contributed by atoms with Crippen molar-refractivity contribution in [2.45, 2.75) is 43.8 Å². The van der Waals surface area contributed by atoms with Crippen LogP contribution in [0.1, 0.15) is 47.2 Å². The summed E-state index contributed by atoms with van der Waals surface area (Å²) in [5.74, 6) is 0.513. The summed E-state index contributed by atoms with van der Waals surface area (Å²) in [5, 5.41) is 0.481. The zero-order chi connectivity index (χ0) is 22.3. The van der Waals surface area contributed by atoms with E-state index in [1.165, 1.54) is 6.07 Å². The van der Waals surface area contributed by atoms with E-state index in [1.807, 2.05) is 4.90 Å². The largest absolute Gasteiger partial charge is 0.467 e. The quantitative estimate of drug-likeness (QED) is 0.617. The van der Waals surface area contributed by atoms with Gasteiger partial charge in [-0.25, -0.2) is 4.79 Å². The molecule has 3 aliphatic heterocycles. The number of halogens is 1. The average molecular weight is 477 g/mol. The number of hydrogen-bond donors (Lipinski definition) is 0. The summed E-state index contributed by atoms with van der Waals surface area (Å²) in [4.78, 5) is 14.7. The van der Waals surface area contributed by atoms with Crippen LogP contribution in [0.15, 0.2) is 39.6 Å². The fourth-order valence-corrected chi connectivity index (χ4v) is 5.74. The third kappa shape index (κ3) is 3.96. The van der Waals surface area contributed by atoms with E-state index in [0.29, 0.717) is 47.4 Å². The molecule has 0 unspecified atom stereocenters. The number of hydrogen-bond acceptors (Lipinski definition) is 7. The first-order chi connectivity index (χ1) is 15.4. The number of anilines is 1. The lowest BCUT2D eigenvalue weighted by Crippen LogP contribution is -2.35. The van der Waals surface area contributed by atoms with E-state index in [4.69, 9.17) is 25.8 Å². The maximum atomic E-state index is 12.8. The van der Waals surface area contributed by atoms with Crippen LogP contribution < -0.4 is 9.64 Å². The maximum Gasteiger partial charge on any atom is 0.338 e. The van der Waals surface area contributed by atoms with E-state index in [0.717, 1.165) is 24.8 Å². The highest BCUT2D eigenvalue weighted by Gasteiger charge is 2.32. The van der Waals surface area contributed by atoms with Crippen LogP contribution in [0.5, 0.6) is 5.75 Å². The van der Waals surface area contributed by atoms with Gasteiger partial charge in [0.2, 0.25) is 0 Å². The summed E-state index contributed by atoms with van der Waals surface area (Å²) in [7, 11) is -3.88. The van der Waals surface area contributed by atoms with Gasteiger partial charge in [-0.3, -0.25) is 0 Å². The van der Waals surface area contributed by atoms with Crippen LogP contribution in [0.4, 0.5) is 5.69 Å². The third-order valence-corrected chi connectivity index (χ3v) is 7.25. The first kappa shape index (κ1) is 21.2. The molecule has 10 heteroatoms. The van der Waals surface area contributed by atoms with Crippen molar-refractivity contribution in [1.29, 1.82) is 0 Å². The number of amidine groups is 1. The van der Waals surface area contributed by atoms with E-state index in [-0.39, 0.29) is 23.9 Å². The topological polar surface area (TPSA) is 94.5 Å². The molecular formula is C22H21ClN2O6S. The molecule has 32 heavy (non-hydrogen) atoms. The van der Waals surface area contributed by atoms with Crippen molar-refractivity contribution >= 4 is 39.1 Å². The number of sulfonamides is 1. The number of carbonyl (C=O) groups is 1. The minimum Gasteiger partial charge on any atom is -0.467 e. The molecule has 2 aromatic rings. The van der Waals surface area contributed by atoms with Crippen molar-refractivity contribution in [2.75, 3.05) is 18.2 Å². The van der Waals surface area contributed by atoms with Crippen LogP contribution >= 0.6 is 11.6 Å². The van der Waals surface area contributed by atoms with Gasteiger partial charge >= 0.3 is 5.97 Å². The van der Waals surface area contributed by atoms with E-state index >= 15 is 0 Å². The second-order valence-electron chi connectivity index (χ2n) is 7.87. The van der Waals surface area contributed by atoms with Crippen molar-refractivity contribution in [3.05, 3.63) is 52.0 Å². The van der Waals surface area contributed by atoms with E-state index in [1.54, 1.807) is 24.3 Å². The normalized spacial score (nSPS) is 18.9. The predicted molar refractivity (Wildman–Crippen MR) is 118 cm³/mol. The molecule has 0 aromatic heterocycles. The highest BCUT2D eigenvalue weighted by atomic mass is 35.5. The Morgan fingerprint density at radius 3 is 2.94 bits per heavy atom. The van der Waals surface area contributed by atoms with Gasteiger partial charge in [0.1, 0.15) is 23.1 Å². The summed E-state index contributed by atoms with van der Waals surface area (Å²) >= 11 is 6.16. The minimum absolute atomic E-state index is 0.0261. The van der Waals surface area contributed by atoms with E-state index in [2.05, 4.69) is 4.40 Å². The molecule has 8 nitrogen and oxygen atoms in total. The highest BCUT2D eigenvalue weighted by molar-refractivity contribution is 7.90. The Balaban J connectivity index is 1.40. The lowest BCUT2D eigenvalue weighted by atomic mass is 10.1. The monoisotopic (exact) mass is 476 g/mol. The van der Waals surface area contributed by atoms with Gasteiger partial charge < -0.3 is 19.1 Å². The number of ether oxygens (including phenoxy) is 3. The summed E-state index contributed by atoms with van der Waals surface area (Å²) in [6, 6.07) is 8.00. The molecule has 0 aliphatic carbocycles. The summed E-state index contributed by atoms with van der Waals surface area (Å²) in [6.07, 6.45) is 3.52. The Morgan fingerprint density at radius 2 is 2.06 bits per heavy atom. The Kier molecular flexibility index (Phi) is 5.56. The van der Waals surface area contributed by atoms with Gasteiger partial charge in [-0.2, -0.15) is 8.42 Å². The highest BCUT2D eigenvalue weighted by Crippen LogP contribution is 2.36. The molecule has 5 rings (SSSR count). The number of esters is 1. The molecule has 0 atom stereocenters. The van der Waals surface area contributed by atoms with Gasteiger partial charge in [0.25, 0.3) is 10.0 Å². The van der Waals surface area contributed by atoms with E-state index < -0.39 is 16.0 Å². The zero-order valence-corrected chi connectivity index (χ0v) is 18.7. The second-order valence-corrected chi connectivity index (χ2v) is 9.88. The van der Waals surface area contributed by atoms with Crippen molar-refractivity contribution in [1.82, 2.24) is 0 Å². The van der Waals surface area contributed by atoms with Gasteiger partial charge in [-0.05, 0) is 43.2 Å². The van der Waals surface area contributed by atoms with Crippen LogP contribution in [0.3, 0.4) is 0 Å². The fraction of sp³-hybridized carbons (Fsp3) is 0.364. The molecule has 1 saturated heterocycles. The lowest BCUT2D eigenvalue weighted by Gasteiger charge is -2.29. The number of rotatable bonds is 3. The number of carbonyl (C=O) groups excluding carboxylic acids is 1.